The number of hydrogen-bond donors (Lipinski definition) is 1. The maximum atomic E-state index is 10.9. The van der Waals surface area contributed by atoms with Crippen LogP contribution in [0.15, 0.2) is 42.5 Å². The summed E-state index contributed by atoms with van der Waals surface area (Å²) in [5.74, 6) is -0.855. The van der Waals surface area contributed by atoms with E-state index in [4.69, 9.17) is 5.11 Å². The predicted octanol–water partition coefficient (Wildman–Crippen LogP) is 2.88. The molecule has 0 atom stereocenters. The van der Waals surface area contributed by atoms with Crippen LogP contribution in [0.1, 0.15) is 32.6 Å². The highest BCUT2D eigenvalue weighted by Crippen LogP contribution is 2.27. The number of carboxylic acids is 1. The van der Waals surface area contributed by atoms with Crippen LogP contribution in [-0.2, 0) is 12.8 Å². The minimum absolute atomic E-state index is 0.378. The van der Waals surface area contributed by atoms with Crippen LogP contribution in [0.2, 0.25) is 0 Å². The van der Waals surface area contributed by atoms with Crippen LogP contribution >= 0.6 is 0 Å². The van der Waals surface area contributed by atoms with Crippen molar-refractivity contribution in [1.82, 2.24) is 0 Å². The molecule has 1 N–H and O–H groups in total. The molecule has 0 unspecified atom stereocenters. The summed E-state index contributed by atoms with van der Waals surface area (Å²) in [7, 11) is 0. The SMILES string of the molecule is O=C(O)c1ccc2c(c1)Cc1ccccc1C2. The zero-order chi connectivity index (χ0) is 11.8. The molecule has 0 bridgehead atoms. The second-order valence-corrected chi connectivity index (χ2v) is 4.41. The summed E-state index contributed by atoms with van der Waals surface area (Å²) in [6, 6.07) is 13.8. The van der Waals surface area contributed by atoms with Gasteiger partial charge >= 0.3 is 5.97 Å². The summed E-state index contributed by atoms with van der Waals surface area (Å²) in [4.78, 5) is 10.9. The highest BCUT2D eigenvalue weighted by molar-refractivity contribution is 5.88. The normalized spacial score (nSPS) is 12.7. The molecule has 0 radical (unpaired) electrons. The topological polar surface area (TPSA) is 37.3 Å². The van der Waals surface area contributed by atoms with E-state index in [0.717, 1.165) is 18.4 Å². The largest absolute Gasteiger partial charge is 0.478 e. The fraction of sp³-hybridized carbons (Fsp3) is 0.133. The molecule has 3 rings (SSSR count). The fourth-order valence-corrected chi connectivity index (χ4v) is 2.41. The Labute approximate surface area is 99.5 Å². The smallest absolute Gasteiger partial charge is 0.335 e. The molecular weight excluding hydrogens is 212 g/mol. The number of rotatable bonds is 1. The van der Waals surface area contributed by atoms with Gasteiger partial charge in [-0.3, -0.25) is 0 Å². The highest BCUT2D eigenvalue weighted by Gasteiger charge is 2.16. The van der Waals surface area contributed by atoms with Gasteiger partial charge in [-0.15, -0.1) is 0 Å². The standard InChI is InChI=1S/C15H12O2/c16-15(17)13-6-5-12-7-10-3-1-2-4-11(10)8-14(12)9-13/h1-6,9H,7-8H2,(H,16,17). The van der Waals surface area contributed by atoms with Crippen molar-refractivity contribution >= 4 is 5.97 Å². The molecule has 1 aliphatic rings. The maximum Gasteiger partial charge on any atom is 0.335 e. The third-order valence-corrected chi connectivity index (χ3v) is 3.33. The first-order valence-electron chi connectivity index (χ1n) is 5.66. The van der Waals surface area contributed by atoms with E-state index in [1.807, 2.05) is 12.1 Å². The summed E-state index contributed by atoms with van der Waals surface area (Å²) in [6.07, 6.45) is 1.75. The summed E-state index contributed by atoms with van der Waals surface area (Å²) in [5, 5.41) is 8.98. The van der Waals surface area contributed by atoms with E-state index < -0.39 is 5.97 Å². The Bertz CT molecular complexity index is 600. The van der Waals surface area contributed by atoms with Gasteiger partial charge in [-0.05, 0) is 47.2 Å². The Balaban J connectivity index is 2.06. The first-order chi connectivity index (χ1) is 8.24. The minimum atomic E-state index is -0.855. The van der Waals surface area contributed by atoms with Crippen LogP contribution in [0.4, 0.5) is 0 Å². The van der Waals surface area contributed by atoms with E-state index in [0.29, 0.717) is 5.56 Å². The van der Waals surface area contributed by atoms with Crippen molar-refractivity contribution in [2.75, 3.05) is 0 Å². The molecule has 0 spiro atoms. The number of carboxylic acid groups (broad SMARTS) is 1. The summed E-state index contributed by atoms with van der Waals surface area (Å²) >= 11 is 0. The molecule has 84 valence electrons. The van der Waals surface area contributed by atoms with E-state index in [-0.39, 0.29) is 0 Å². The van der Waals surface area contributed by atoms with Crippen molar-refractivity contribution in [2.45, 2.75) is 12.8 Å². The average Bonchev–Trinajstić information content (AvgIpc) is 2.35. The molecule has 17 heavy (non-hydrogen) atoms. The second kappa shape index (κ2) is 3.74. The molecule has 0 saturated carbocycles. The van der Waals surface area contributed by atoms with Gasteiger partial charge in [0.2, 0.25) is 0 Å². The van der Waals surface area contributed by atoms with Crippen molar-refractivity contribution in [1.29, 1.82) is 0 Å². The van der Waals surface area contributed by atoms with E-state index in [9.17, 15) is 4.79 Å². The van der Waals surface area contributed by atoms with Crippen LogP contribution in [0, 0.1) is 0 Å². The van der Waals surface area contributed by atoms with Gasteiger partial charge in [-0.1, -0.05) is 30.3 Å². The molecule has 0 heterocycles. The van der Waals surface area contributed by atoms with Crippen molar-refractivity contribution in [3.05, 3.63) is 70.3 Å². The molecule has 1 aliphatic carbocycles. The zero-order valence-electron chi connectivity index (χ0n) is 9.31. The van der Waals surface area contributed by atoms with E-state index >= 15 is 0 Å². The molecule has 0 amide bonds. The van der Waals surface area contributed by atoms with Crippen molar-refractivity contribution in [3.8, 4) is 0 Å². The third-order valence-electron chi connectivity index (χ3n) is 3.33. The Morgan fingerprint density at radius 1 is 0.882 bits per heavy atom. The molecule has 2 aromatic rings. The van der Waals surface area contributed by atoms with Crippen molar-refractivity contribution < 1.29 is 9.90 Å². The van der Waals surface area contributed by atoms with Gasteiger partial charge in [-0.2, -0.15) is 0 Å². The molecule has 2 nitrogen and oxygen atoms in total. The third kappa shape index (κ3) is 1.72. The van der Waals surface area contributed by atoms with Crippen molar-refractivity contribution in [2.24, 2.45) is 0 Å². The number of aromatic carboxylic acids is 1. The van der Waals surface area contributed by atoms with Gasteiger partial charge in [0.25, 0.3) is 0 Å². The maximum absolute atomic E-state index is 10.9. The summed E-state index contributed by atoms with van der Waals surface area (Å²) in [5.41, 5.74) is 5.42. The van der Waals surface area contributed by atoms with Gasteiger partial charge in [0.1, 0.15) is 0 Å². The fourth-order valence-electron chi connectivity index (χ4n) is 2.41. The highest BCUT2D eigenvalue weighted by atomic mass is 16.4. The van der Waals surface area contributed by atoms with E-state index in [1.54, 1.807) is 12.1 Å². The van der Waals surface area contributed by atoms with Crippen LogP contribution in [0.5, 0.6) is 0 Å². The molecule has 2 aromatic carbocycles. The average molecular weight is 224 g/mol. The molecule has 0 fully saturated rings. The van der Waals surface area contributed by atoms with Gasteiger partial charge in [0, 0.05) is 0 Å². The first kappa shape index (κ1) is 10.1. The minimum Gasteiger partial charge on any atom is -0.478 e. The quantitative estimate of drug-likeness (QED) is 0.690. The number of fused-ring (bicyclic) bond motifs is 2. The number of benzene rings is 2. The Morgan fingerprint density at radius 2 is 1.47 bits per heavy atom. The molecule has 0 saturated heterocycles. The lowest BCUT2D eigenvalue weighted by atomic mass is 9.85. The van der Waals surface area contributed by atoms with Gasteiger partial charge < -0.3 is 5.11 Å². The lowest BCUT2D eigenvalue weighted by Crippen LogP contribution is -2.09. The van der Waals surface area contributed by atoms with Gasteiger partial charge in [-0.25, -0.2) is 4.79 Å². The Morgan fingerprint density at radius 3 is 2.12 bits per heavy atom. The monoisotopic (exact) mass is 224 g/mol. The molecule has 0 aromatic heterocycles. The molecule has 2 heteroatoms. The van der Waals surface area contributed by atoms with E-state index in [2.05, 4.69) is 18.2 Å². The van der Waals surface area contributed by atoms with Crippen LogP contribution < -0.4 is 0 Å². The lowest BCUT2D eigenvalue weighted by molar-refractivity contribution is 0.0697. The predicted molar refractivity (Wildman–Crippen MR) is 65.5 cm³/mol. The zero-order valence-corrected chi connectivity index (χ0v) is 9.31. The number of hydrogen-bond acceptors (Lipinski definition) is 1. The lowest BCUT2D eigenvalue weighted by Gasteiger charge is -2.19. The van der Waals surface area contributed by atoms with Gasteiger partial charge in [0.15, 0.2) is 0 Å². The Hall–Kier alpha value is -2.09. The van der Waals surface area contributed by atoms with Crippen LogP contribution in [-0.4, -0.2) is 11.1 Å². The molecule has 0 aliphatic heterocycles. The summed E-state index contributed by atoms with van der Waals surface area (Å²) in [6.45, 7) is 0. The Kier molecular flexibility index (Phi) is 2.22. The van der Waals surface area contributed by atoms with E-state index in [1.165, 1.54) is 16.7 Å². The van der Waals surface area contributed by atoms with Crippen LogP contribution in [0.3, 0.4) is 0 Å². The first-order valence-corrected chi connectivity index (χ1v) is 5.66. The second-order valence-electron chi connectivity index (χ2n) is 4.41. The number of carbonyl (C=O) groups is 1. The molecular formula is C15H12O2. The summed E-state index contributed by atoms with van der Waals surface area (Å²) < 4.78 is 0. The van der Waals surface area contributed by atoms with Crippen molar-refractivity contribution in [3.63, 3.8) is 0 Å². The van der Waals surface area contributed by atoms with Gasteiger partial charge in [0.05, 0.1) is 5.56 Å². The van der Waals surface area contributed by atoms with Crippen LogP contribution in [0.25, 0.3) is 0 Å².